The zero-order valence-corrected chi connectivity index (χ0v) is 8.93. The number of ether oxygens (including phenoxy) is 1. The van der Waals surface area contributed by atoms with Gasteiger partial charge >= 0.3 is 5.97 Å². The average molecular weight is 212 g/mol. The number of aromatic carboxylic acids is 1. The van der Waals surface area contributed by atoms with Crippen LogP contribution in [-0.4, -0.2) is 17.7 Å². The molecule has 0 aliphatic heterocycles. The Morgan fingerprint density at radius 3 is 2.86 bits per heavy atom. The Bertz CT molecular complexity index is 348. The summed E-state index contributed by atoms with van der Waals surface area (Å²) in [5.74, 6) is -0.294. The average Bonchev–Trinajstić information content (AvgIpc) is 2.52. The zero-order valence-electron chi connectivity index (χ0n) is 8.11. The molecule has 0 aromatic carbocycles. The Labute approximate surface area is 86.6 Å². The van der Waals surface area contributed by atoms with Gasteiger partial charge in [-0.1, -0.05) is 5.57 Å². The van der Waals surface area contributed by atoms with Crippen LogP contribution in [0, 0.1) is 0 Å². The van der Waals surface area contributed by atoms with Gasteiger partial charge < -0.3 is 9.84 Å². The lowest BCUT2D eigenvalue weighted by Gasteiger charge is -1.98. The number of rotatable bonds is 4. The van der Waals surface area contributed by atoms with Gasteiger partial charge in [-0.25, -0.2) is 4.79 Å². The van der Waals surface area contributed by atoms with Crippen molar-refractivity contribution < 1.29 is 14.6 Å². The smallest absolute Gasteiger partial charge is 0.346 e. The van der Waals surface area contributed by atoms with Crippen molar-refractivity contribution in [1.82, 2.24) is 0 Å². The van der Waals surface area contributed by atoms with Crippen molar-refractivity contribution >= 4 is 17.3 Å². The van der Waals surface area contributed by atoms with E-state index in [4.69, 9.17) is 9.84 Å². The summed E-state index contributed by atoms with van der Waals surface area (Å²) in [5.41, 5.74) is 1.18. The lowest BCUT2D eigenvalue weighted by atomic mass is 10.3. The van der Waals surface area contributed by atoms with Crippen LogP contribution in [0.3, 0.4) is 0 Å². The minimum absolute atomic E-state index is 0.303. The molecule has 14 heavy (non-hydrogen) atoms. The summed E-state index contributed by atoms with van der Waals surface area (Å²) < 4.78 is 5.32. The van der Waals surface area contributed by atoms with Gasteiger partial charge in [-0.3, -0.25) is 0 Å². The van der Waals surface area contributed by atoms with Crippen LogP contribution in [0.4, 0.5) is 0 Å². The molecule has 0 aliphatic carbocycles. The van der Waals surface area contributed by atoms with Crippen molar-refractivity contribution in [3.63, 3.8) is 0 Å². The second kappa shape index (κ2) is 4.81. The third-order valence-electron chi connectivity index (χ3n) is 1.53. The predicted molar refractivity (Wildman–Crippen MR) is 56.2 cm³/mol. The maximum absolute atomic E-state index is 10.5. The van der Waals surface area contributed by atoms with E-state index in [9.17, 15) is 4.79 Å². The summed E-state index contributed by atoms with van der Waals surface area (Å²) >= 11 is 1.17. The lowest BCUT2D eigenvalue weighted by Crippen LogP contribution is -1.93. The molecule has 0 aliphatic rings. The predicted octanol–water partition coefficient (Wildman–Crippen LogP) is 2.79. The lowest BCUT2D eigenvalue weighted by molar-refractivity contribution is 0.0702. The van der Waals surface area contributed by atoms with E-state index >= 15 is 0 Å². The molecule has 4 heteroatoms. The highest BCUT2D eigenvalue weighted by Gasteiger charge is 2.06. The molecular formula is C10H12O3S. The van der Waals surface area contributed by atoms with Crippen molar-refractivity contribution in [2.45, 2.75) is 13.8 Å². The monoisotopic (exact) mass is 212 g/mol. The van der Waals surface area contributed by atoms with E-state index in [1.54, 1.807) is 5.38 Å². The summed E-state index contributed by atoms with van der Waals surface area (Å²) in [6.07, 6.45) is 1.94. The number of hydrogen-bond donors (Lipinski definition) is 1. The van der Waals surface area contributed by atoms with E-state index in [2.05, 4.69) is 0 Å². The number of thiophene rings is 1. The van der Waals surface area contributed by atoms with Gasteiger partial charge in [0, 0.05) is 11.4 Å². The van der Waals surface area contributed by atoms with Gasteiger partial charge in [-0.15, -0.1) is 11.3 Å². The second-order valence-corrected chi connectivity index (χ2v) is 3.96. The third-order valence-corrected chi connectivity index (χ3v) is 2.42. The highest BCUT2D eigenvalue weighted by molar-refractivity contribution is 7.12. The zero-order chi connectivity index (χ0) is 10.6. The van der Waals surface area contributed by atoms with E-state index in [1.165, 1.54) is 23.0 Å². The highest BCUT2D eigenvalue weighted by Crippen LogP contribution is 2.21. The SMILES string of the molecule is CC(C)=CCOc1csc(C(=O)O)c1. The van der Waals surface area contributed by atoms with E-state index in [0.29, 0.717) is 17.2 Å². The summed E-state index contributed by atoms with van der Waals surface area (Å²) in [6, 6.07) is 1.53. The molecule has 1 rings (SSSR count). The van der Waals surface area contributed by atoms with E-state index in [-0.39, 0.29) is 0 Å². The van der Waals surface area contributed by atoms with Crippen LogP contribution in [0.5, 0.6) is 5.75 Å². The van der Waals surface area contributed by atoms with Gasteiger partial charge in [0.05, 0.1) is 0 Å². The Morgan fingerprint density at radius 2 is 2.36 bits per heavy atom. The molecule has 0 radical (unpaired) electrons. The minimum atomic E-state index is -0.910. The van der Waals surface area contributed by atoms with Crippen molar-refractivity contribution in [3.8, 4) is 5.75 Å². The van der Waals surface area contributed by atoms with E-state index in [0.717, 1.165) is 0 Å². The van der Waals surface area contributed by atoms with Crippen LogP contribution in [0.2, 0.25) is 0 Å². The Kier molecular flexibility index (Phi) is 3.71. The molecule has 0 bridgehead atoms. The first-order valence-corrected chi connectivity index (χ1v) is 5.05. The minimum Gasteiger partial charge on any atom is -0.489 e. The topological polar surface area (TPSA) is 46.5 Å². The van der Waals surface area contributed by atoms with Crippen LogP contribution >= 0.6 is 11.3 Å². The molecule has 0 unspecified atom stereocenters. The van der Waals surface area contributed by atoms with Crippen LogP contribution in [0.15, 0.2) is 23.1 Å². The first-order valence-electron chi connectivity index (χ1n) is 4.17. The molecule has 1 heterocycles. The third kappa shape index (κ3) is 3.22. The van der Waals surface area contributed by atoms with Crippen molar-refractivity contribution in [2.24, 2.45) is 0 Å². The number of carbonyl (C=O) groups is 1. The molecule has 3 nitrogen and oxygen atoms in total. The molecule has 1 N–H and O–H groups in total. The largest absolute Gasteiger partial charge is 0.489 e. The molecule has 76 valence electrons. The van der Waals surface area contributed by atoms with Gasteiger partial charge in [0.1, 0.15) is 17.2 Å². The molecule has 0 spiro atoms. The van der Waals surface area contributed by atoms with Crippen LogP contribution in [0.1, 0.15) is 23.5 Å². The fraction of sp³-hybridized carbons (Fsp3) is 0.300. The van der Waals surface area contributed by atoms with Crippen molar-refractivity contribution in [2.75, 3.05) is 6.61 Å². The Balaban J connectivity index is 2.52. The molecule has 0 saturated carbocycles. The van der Waals surface area contributed by atoms with Crippen molar-refractivity contribution in [1.29, 1.82) is 0 Å². The second-order valence-electron chi connectivity index (χ2n) is 3.04. The number of carboxylic acid groups (broad SMARTS) is 1. The molecular weight excluding hydrogens is 200 g/mol. The normalized spacial score (nSPS) is 9.57. The first kappa shape index (κ1) is 10.8. The first-order chi connectivity index (χ1) is 6.59. The Hall–Kier alpha value is -1.29. The molecule has 0 fully saturated rings. The number of allylic oxidation sites excluding steroid dienone is 1. The molecule has 0 atom stereocenters. The Morgan fingerprint density at radius 1 is 1.64 bits per heavy atom. The van der Waals surface area contributed by atoms with Crippen molar-refractivity contribution in [3.05, 3.63) is 28.0 Å². The van der Waals surface area contributed by atoms with Gasteiger partial charge in [0.2, 0.25) is 0 Å². The molecule has 1 aromatic heterocycles. The summed E-state index contributed by atoms with van der Waals surface area (Å²) in [6.45, 7) is 4.46. The van der Waals surface area contributed by atoms with E-state index in [1.807, 2.05) is 19.9 Å². The summed E-state index contributed by atoms with van der Waals surface area (Å²) in [5, 5.41) is 10.4. The highest BCUT2D eigenvalue weighted by atomic mass is 32.1. The van der Waals surface area contributed by atoms with Gasteiger partial charge in [-0.2, -0.15) is 0 Å². The number of carboxylic acids is 1. The van der Waals surface area contributed by atoms with Crippen LogP contribution < -0.4 is 4.74 Å². The maximum atomic E-state index is 10.5. The van der Waals surface area contributed by atoms with Gasteiger partial charge in [0.25, 0.3) is 0 Å². The summed E-state index contributed by atoms with van der Waals surface area (Å²) in [4.78, 5) is 10.8. The van der Waals surface area contributed by atoms with E-state index < -0.39 is 5.97 Å². The summed E-state index contributed by atoms with van der Waals surface area (Å²) in [7, 11) is 0. The fourth-order valence-corrected chi connectivity index (χ4v) is 1.48. The molecule has 0 saturated heterocycles. The van der Waals surface area contributed by atoms with Crippen LogP contribution in [0.25, 0.3) is 0 Å². The number of hydrogen-bond acceptors (Lipinski definition) is 3. The molecule has 1 aromatic rings. The standard InChI is InChI=1S/C10H12O3S/c1-7(2)3-4-13-8-5-9(10(11)12)14-6-8/h3,5-6H,4H2,1-2H3,(H,11,12). The quantitative estimate of drug-likeness (QED) is 0.780. The fourth-order valence-electron chi connectivity index (χ4n) is 0.811. The maximum Gasteiger partial charge on any atom is 0.346 e. The van der Waals surface area contributed by atoms with Crippen LogP contribution in [-0.2, 0) is 0 Å². The van der Waals surface area contributed by atoms with Gasteiger partial charge in [0.15, 0.2) is 0 Å². The van der Waals surface area contributed by atoms with Gasteiger partial charge in [-0.05, 0) is 19.9 Å². The molecule has 0 amide bonds.